The van der Waals surface area contributed by atoms with Gasteiger partial charge in [0.1, 0.15) is 5.58 Å². The SMILES string of the molecule is Cc1nc(N2C(=O)c3oc4ccc(Cl)cc4c(=O)c3[C@@H]2c2ccc(Cl)cc2)sc1C. The first-order valence-electron chi connectivity index (χ1n) is 9.14. The van der Waals surface area contributed by atoms with E-state index in [0.29, 0.717) is 26.1 Å². The molecule has 0 spiro atoms. The lowest BCUT2D eigenvalue weighted by atomic mass is 9.99. The second-order valence-corrected chi connectivity index (χ2v) is 9.14. The number of nitrogens with zero attached hydrogens (tertiary/aromatic N) is 2. The maximum atomic E-state index is 13.5. The summed E-state index contributed by atoms with van der Waals surface area (Å²) in [5.74, 6) is -0.368. The Morgan fingerprint density at radius 2 is 1.73 bits per heavy atom. The fourth-order valence-corrected chi connectivity index (χ4v) is 4.90. The number of fused-ring (bicyclic) bond motifs is 2. The van der Waals surface area contributed by atoms with Crippen LogP contribution in [0, 0.1) is 13.8 Å². The van der Waals surface area contributed by atoms with Crippen molar-refractivity contribution < 1.29 is 9.21 Å². The molecular weight excluding hydrogens is 443 g/mol. The zero-order chi connectivity index (χ0) is 21.2. The summed E-state index contributed by atoms with van der Waals surface area (Å²) in [5.41, 5.74) is 1.90. The Bertz CT molecular complexity index is 1370. The molecule has 0 fully saturated rings. The van der Waals surface area contributed by atoms with Gasteiger partial charge in [-0.3, -0.25) is 14.5 Å². The van der Waals surface area contributed by atoms with Gasteiger partial charge in [0, 0.05) is 14.9 Å². The number of carbonyl (C=O) groups is 1. The van der Waals surface area contributed by atoms with Crippen LogP contribution in [-0.4, -0.2) is 10.9 Å². The number of hydrogen-bond acceptors (Lipinski definition) is 5. The van der Waals surface area contributed by atoms with Crippen LogP contribution in [0.15, 0.2) is 51.7 Å². The number of rotatable bonds is 2. The predicted octanol–water partition coefficient (Wildman–Crippen LogP) is 5.92. The van der Waals surface area contributed by atoms with E-state index >= 15 is 0 Å². The van der Waals surface area contributed by atoms with E-state index in [9.17, 15) is 9.59 Å². The van der Waals surface area contributed by atoms with E-state index in [1.54, 1.807) is 42.5 Å². The van der Waals surface area contributed by atoms with Crippen LogP contribution in [0.4, 0.5) is 5.13 Å². The van der Waals surface area contributed by atoms with Crippen molar-refractivity contribution in [1.29, 1.82) is 0 Å². The number of thiazole rings is 1. The Balaban J connectivity index is 1.82. The molecule has 150 valence electrons. The number of amides is 1. The van der Waals surface area contributed by atoms with Crippen molar-refractivity contribution in [1.82, 2.24) is 4.98 Å². The van der Waals surface area contributed by atoms with Gasteiger partial charge in [0.05, 0.1) is 22.7 Å². The van der Waals surface area contributed by atoms with Crippen LogP contribution in [0.3, 0.4) is 0 Å². The second-order valence-electron chi connectivity index (χ2n) is 7.08. The molecule has 2 aromatic carbocycles. The molecule has 5 nitrogen and oxygen atoms in total. The van der Waals surface area contributed by atoms with Gasteiger partial charge in [0.25, 0.3) is 5.91 Å². The van der Waals surface area contributed by atoms with Crippen LogP contribution in [-0.2, 0) is 0 Å². The highest BCUT2D eigenvalue weighted by Crippen LogP contribution is 2.43. The number of anilines is 1. The Morgan fingerprint density at radius 3 is 2.40 bits per heavy atom. The molecule has 30 heavy (non-hydrogen) atoms. The summed E-state index contributed by atoms with van der Waals surface area (Å²) in [7, 11) is 0. The Hall–Kier alpha value is -2.67. The lowest BCUT2D eigenvalue weighted by Crippen LogP contribution is -2.29. The van der Waals surface area contributed by atoms with E-state index in [2.05, 4.69) is 4.98 Å². The molecule has 1 atom stereocenters. The topological polar surface area (TPSA) is 63.4 Å². The van der Waals surface area contributed by atoms with Crippen molar-refractivity contribution >= 4 is 56.5 Å². The maximum Gasteiger partial charge on any atom is 0.297 e. The van der Waals surface area contributed by atoms with Gasteiger partial charge in [-0.05, 0) is 49.7 Å². The summed E-state index contributed by atoms with van der Waals surface area (Å²) in [6.45, 7) is 3.83. The summed E-state index contributed by atoms with van der Waals surface area (Å²) in [6, 6.07) is 11.2. The predicted molar refractivity (Wildman–Crippen MR) is 119 cm³/mol. The van der Waals surface area contributed by atoms with Gasteiger partial charge in [-0.1, -0.05) is 35.3 Å². The van der Waals surface area contributed by atoms with Gasteiger partial charge in [-0.15, -0.1) is 11.3 Å². The zero-order valence-electron chi connectivity index (χ0n) is 15.9. The first kappa shape index (κ1) is 19.3. The molecule has 1 aliphatic heterocycles. The maximum absolute atomic E-state index is 13.5. The molecule has 1 amide bonds. The third-order valence-electron chi connectivity index (χ3n) is 5.24. The quantitative estimate of drug-likeness (QED) is 0.375. The molecule has 0 radical (unpaired) electrons. The minimum Gasteiger partial charge on any atom is -0.450 e. The van der Waals surface area contributed by atoms with Crippen LogP contribution in [0.1, 0.15) is 38.3 Å². The van der Waals surface area contributed by atoms with Gasteiger partial charge in [-0.2, -0.15) is 0 Å². The molecule has 4 aromatic rings. The Labute approximate surface area is 185 Å². The molecule has 0 aliphatic carbocycles. The Morgan fingerprint density at radius 1 is 1.03 bits per heavy atom. The third kappa shape index (κ3) is 2.87. The lowest BCUT2D eigenvalue weighted by molar-refractivity contribution is 0.0971. The van der Waals surface area contributed by atoms with Gasteiger partial charge in [0.2, 0.25) is 5.76 Å². The average Bonchev–Trinajstić information content (AvgIpc) is 3.20. The smallest absolute Gasteiger partial charge is 0.297 e. The molecule has 0 saturated carbocycles. The minimum atomic E-state index is -0.672. The number of hydrogen-bond donors (Lipinski definition) is 0. The highest BCUT2D eigenvalue weighted by molar-refractivity contribution is 7.15. The highest BCUT2D eigenvalue weighted by atomic mass is 35.5. The Kier molecular flexibility index (Phi) is 4.47. The summed E-state index contributed by atoms with van der Waals surface area (Å²) in [5, 5.41) is 1.84. The first-order valence-corrected chi connectivity index (χ1v) is 10.7. The largest absolute Gasteiger partial charge is 0.450 e. The average molecular weight is 457 g/mol. The molecular formula is C22H14Cl2N2O3S. The fraction of sp³-hybridized carbons (Fsp3) is 0.136. The minimum absolute atomic E-state index is 0.0280. The van der Waals surface area contributed by atoms with Crippen LogP contribution in [0.5, 0.6) is 0 Å². The monoisotopic (exact) mass is 456 g/mol. The number of benzene rings is 2. The van der Waals surface area contributed by atoms with E-state index in [4.69, 9.17) is 27.6 Å². The van der Waals surface area contributed by atoms with Crippen molar-refractivity contribution in [2.75, 3.05) is 4.90 Å². The molecule has 3 heterocycles. The third-order valence-corrected chi connectivity index (χ3v) is 6.80. The lowest BCUT2D eigenvalue weighted by Gasteiger charge is -2.22. The van der Waals surface area contributed by atoms with Crippen LogP contribution >= 0.6 is 34.5 Å². The number of aromatic nitrogens is 1. The first-order chi connectivity index (χ1) is 14.3. The van der Waals surface area contributed by atoms with E-state index in [-0.39, 0.29) is 16.8 Å². The van der Waals surface area contributed by atoms with Gasteiger partial charge < -0.3 is 4.42 Å². The van der Waals surface area contributed by atoms with E-state index in [0.717, 1.165) is 16.1 Å². The molecule has 0 saturated heterocycles. The summed E-state index contributed by atoms with van der Waals surface area (Å²) in [4.78, 5) is 34.0. The molecule has 0 unspecified atom stereocenters. The van der Waals surface area contributed by atoms with Gasteiger partial charge in [-0.25, -0.2) is 4.98 Å². The summed E-state index contributed by atoms with van der Waals surface area (Å²) < 4.78 is 5.92. The van der Waals surface area contributed by atoms with Gasteiger partial charge in [0.15, 0.2) is 10.6 Å². The second kappa shape index (κ2) is 6.94. The molecule has 5 rings (SSSR count). The standard InChI is InChI=1S/C22H14Cl2N2O3S/c1-10-11(2)30-22(25-10)26-18(12-3-5-13(23)6-4-12)17-19(27)15-9-14(24)7-8-16(15)29-20(17)21(26)28/h3-9,18H,1-2H3/t18-/m0/s1. The van der Waals surface area contributed by atoms with Gasteiger partial charge >= 0.3 is 0 Å². The van der Waals surface area contributed by atoms with Crippen molar-refractivity contribution in [3.8, 4) is 0 Å². The van der Waals surface area contributed by atoms with Crippen molar-refractivity contribution in [2.45, 2.75) is 19.9 Å². The van der Waals surface area contributed by atoms with Crippen LogP contribution < -0.4 is 10.3 Å². The molecule has 8 heteroatoms. The summed E-state index contributed by atoms with van der Waals surface area (Å²) >= 11 is 13.6. The molecule has 0 N–H and O–H groups in total. The van der Waals surface area contributed by atoms with Crippen molar-refractivity contribution in [2.24, 2.45) is 0 Å². The van der Waals surface area contributed by atoms with E-state index in [1.807, 2.05) is 13.8 Å². The summed E-state index contributed by atoms with van der Waals surface area (Å²) in [6.07, 6.45) is 0. The number of aryl methyl sites for hydroxylation is 2. The van der Waals surface area contributed by atoms with Crippen LogP contribution in [0.25, 0.3) is 11.0 Å². The zero-order valence-corrected chi connectivity index (χ0v) is 18.2. The number of carbonyl (C=O) groups excluding carboxylic acids is 1. The number of halogens is 2. The normalized spacial score (nSPS) is 15.8. The molecule has 1 aliphatic rings. The molecule has 2 aromatic heterocycles. The highest BCUT2D eigenvalue weighted by Gasteiger charge is 2.45. The van der Waals surface area contributed by atoms with E-state index in [1.165, 1.54) is 16.2 Å². The van der Waals surface area contributed by atoms with Crippen molar-refractivity contribution in [3.05, 3.63) is 90.2 Å². The molecule has 0 bridgehead atoms. The van der Waals surface area contributed by atoms with Crippen LogP contribution in [0.2, 0.25) is 10.0 Å². The van der Waals surface area contributed by atoms with E-state index < -0.39 is 11.9 Å². The fourth-order valence-electron chi connectivity index (χ4n) is 3.66. The van der Waals surface area contributed by atoms with Crippen molar-refractivity contribution in [3.63, 3.8) is 0 Å².